The molecular weight excluding hydrogens is 496 g/mol. The van der Waals surface area contributed by atoms with Gasteiger partial charge >= 0.3 is 0 Å². The van der Waals surface area contributed by atoms with Crippen LogP contribution in [0.25, 0.3) is 33.7 Å². The lowest BCUT2D eigenvalue weighted by molar-refractivity contribution is 0.477. The molecule has 1 N–H and O–H groups in total. The van der Waals surface area contributed by atoms with E-state index in [-0.39, 0.29) is 12.4 Å². The summed E-state index contributed by atoms with van der Waals surface area (Å²) in [5.41, 5.74) is 11.5. The van der Waals surface area contributed by atoms with Crippen LogP contribution < -0.4 is 10.6 Å². The van der Waals surface area contributed by atoms with Gasteiger partial charge in [-0.15, -0.1) is 12.4 Å². The van der Waals surface area contributed by atoms with Crippen LogP contribution in [0.5, 0.6) is 0 Å². The zero-order chi connectivity index (χ0) is 27.7. The summed E-state index contributed by atoms with van der Waals surface area (Å²) in [6.07, 6.45) is 10.5. The van der Waals surface area contributed by atoms with Crippen LogP contribution in [0.3, 0.4) is 0 Å². The first-order valence-corrected chi connectivity index (χ1v) is 14.9. The lowest BCUT2D eigenvalue weighted by Crippen LogP contribution is -2.26. The van der Waals surface area contributed by atoms with Gasteiger partial charge in [0.2, 0.25) is 0 Å². The number of aliphatic imine (C=N–C) groups is 1. The van der Waals surface area contributed by atoms with Crippen molar-refractivity contribution in [2.75, 3.05) is 0 Å². The highest BCUT2D eigenvalue weighted by Gasteiger charge is 2.18. The second-order valence-corrected chi connectivity index (χ2v) is 11.3. The quantitative estimate of drug-likeness (QED) is 0.160. The monoisotopic (exact) mass is 546 g/mol. The first-order chi connectivity index (χ1) is 18.3. The number of aromatic amines is 1. The van der Waals surface area contributed by atoms with Gasteiger partial charge in [-0.05, 0) is 86.4 Å². The molecule has 1 aliphatic rings. The summed E-state index contributed by atoms with van der Waals surface area (Å²) >= 11 is 0. The highest BCUT2D eigenvalue weighted by atomic mass is 35.5. The second kappa shape index (κ2) is 15.9. The molecule has 3 aromatic rings. The molecule has 1 aromatic heterocycles. The molecule has 0 amide bonds. The van der Waals surface area contributed by atoms with Crippen molar-refractivity contribution >= 4 is 29.4 Å². The minimum atomic E-state index is 0. The summed E-state index contributed by atoms with van der Waals surface area (Å²) in [6.45, 7) is 17.5. The Morgan fingerprint density at radius 3 is 2.26 bits per heavy atom. The van der Waals surface area contributed by atoms with Crippen LogP contribution in [0, 0.1) is 5.92 Å². The molecule has 0 aliphatic heterocycles. The van der Waals surface area contributed by atoms with E-state index < -0.39 is 0 Å². The van der Waals surface area contributed by atoms with Crippen molar-refractivity contribution in [3.05, 3.63) is 70.2 Å². The van der Waals surface area contributed by atoms with E-state index in [1.54, 1.807) is 0 Å². The Bertz CT molecular complexity index is 1350. The number of rotatable bonds is 9. The van der Waals surface area contributed by atoms with Crippen LogP contribution in [-0.2, 0) is 6.42 Å². The van der Waals surface area contributed by atoms with Crippen LogP contribution in [0.2, 0.25) is 0 Å². The summed E-state index contributed by atoms with van der Waals surface area (Å²) in [6, 6.07) is 17.9. The van der Waals surface area contributed by atoms with Gasteiger partial charge in [0.15, 0.2) is 0 Å². The lowest BCUT2D eigenvalue weighted by atomic mass is 10.0. The van der Waals surface area contributed by atoms with Crippen molar-refractivity contribution in [3.8, 4) is 22.4 Å². The third-order valence-electron chi connectivity index (χ3n) is 7.91. The number of unbranched alkanes of at least 4 members (excludes halogenated alkanes) is 3. The number of H-pyrrole nitrogens is 1. The average molecular weight is 547 g/mol. The number of nitrogens with zero attached hydrogens (tertiary/aromatic N) is 1. The van der Waals surface area contributed by atoms with Crippen LogP contribution in [0.15, 0.2) is 53.5 Å². The largest absolute Gasteiger partial charge is 0.353 e. The van der Waals surface area contributed by atoms with E-state index in [1.807, 2.05) is 13.8 Å². The molecule has 2 nitrogen and oxygen atoms in total. The third kappa shape index (κ3) is 8.70. The molecule has 0 saturated carbocycles. The maximum atomic E-state index is 4.71. The Morgan fingerprint density at radius 2 is 1.59 bits per heavy atom. The molecule has 39 heavy (non-hydrogen) atoms. The van der Waals surface area contributed by atoms with E-state index in [2.05, 4.69) is 95.1 Å². The average Bonchev–Trinajstić information content (AvgIpc) is 3.52. The standard InChI is InChI=1S/C26H28N2.C10H22.ClH/c1-6-17(4)24-15-25(28-26(24)18(5)27-16(2)3)20-11-12-23-21(14-20)13-19-9-7-8-10-22(19)23;1-4-6-7-8-9-10(3)5-2;/h7-12,14-15,28H,6,13H2,1-5H3;10H,4-9H2,1-3H3;1H/b24-17+,26-18+;;. The maximum absolute atomic E-state index is 4.71. The van der Waals surface area contributed by atoms with Crippen molar-refractivity contribution in [2.45, 2.75) is 107 Å². The van der Waals surface area contributed by atoms with Gasteiger partial charge in [-0.3, -0.25) is 4.99 Å². The number of aromatic nitrogens is 1. The van der Waals surface area contributed by atoms with Crippen molar-refractivity contribution in [1.29, 1.82) is 0 Å². The van der Waals surface area contributed by atoms with E-state index in [0.717, 1.165) is 35.5 Å². The molecule has 2 aromatic carbocycles. The number of nitrogens with one attached hydrogen (secondary N) is 1. The summed E-state index contributed by atoms with van der Waals surface area (Å²) in [4.78, 5) is 8.37. The Kier molecular flexibility index (Phi) is 13.3. The normalized spacial score (nSPS) is 13.7. The van der Waals surface area contributed by atoms with Crippen molar-refractivity contribution < 1.29 is 0 Å². The van der Waals surface area contributed by atoms with E-state index in [1.165, 1.54) is 82.8 Å². The number of hydrogen-bond acceptors (Lipinski definition) is 1. The van der Waals surface area contributed by atoms with Gasteiger partial charge in [0.1, 0.15) is 0 Å². The molecule has 0 saturated heterocycles. The fourth-order valence-electron chi connectivity index (χ4n) is 5.25. The topological polar surface area (TPSA) is 28.1 Å². The van der Waals surface area contributed by atoms with Gasteiger partial charge in [-0.1, -0.05) is 108 Å². The molecule has 1 atom stereocenters. The van der Waals surface area contributed by atoms with Crippen molar-refractivity contribution in [2.24, 2.45) is 10.9 Å². The summed E-state index contributed by atoms with van der Waals surface area (Å²) in [7, 11) is 0. The predicted octanol–water partition coefficient (Wildman–Crippen LogP) is 9.87. The zero-order valence-corrected chi connectivity index (χ0v) is 26.5. The first-order valence-electron chi connectivity index (χ1n) is 14.9. The molecule has 212 valence electrons. The Morgan fingerprint density at radius 1 is 0.872 bits per heavy atom. The molecular formula is C36H51ClN2. The molecule has 1 heterocycles. The summed E-state index contributed by atoms with van der Waals surface area (Å²) < 4.78 is 0. The first kappa shape index (κ1) is 32.6. The van der Waals surface area contributed by atoms with E-state index in [9.17, 15) is 0 Å². The molecule has 1 aliphatic carbocycles. The van der Waals surface area contributed by atoms with E-state index in [4.69, 9.17) is 4.99 Å². The minimum absolute atomic E-state index is 0. The van der Waals surface area contributed by atoms with Crippen LogP contribution >= 0.6 is 12.4 Å². The van der Waals surface area contributed by atoms with Crippen molar-refractivity contribution in [3.63, 3.8) is 0 Å². The van der Waals surface area contributed by atoms with Gasteiger partial charge in [-0.2, -0.15) is 0 Å². The minimum Gasteiger partial charge on any atom is -0.353 e. The fourth-order valence-corrected chi connectivity index (χ4v) is 5.25. The number of fused-ring (bicyclic) bond motifs is 3. The van der Waals surface area contributed by atoms with Gasteiger partial charge in [0.25, 0.3) is 0 Å². The molecule has 3 heteroatoms. The SMILES string of the molecule is CC/C(C)=c1\cc(-c2ccc3c(c2)Cc2ccccc2-3)[nH]\c1=C(/C)N=C(C)C.CCCCCCC(C)CC.Cl. The molecule has 0 bridgehead atoms. The molecule has 0 radical (unpaired) electrons. The Balaban J connectivity index is 0.000000417. The van der Waals surface area contributed by atoms with Gasteiger partial charge in [0.05, 0.1) is 11.0 Å². The molecule has 4 rings (SSSR count). The Hall–Kier alpha value is -2.58. The summed E-state index contributed by atoms with van der Waals surface area (Å²) in [5, 5.41) is 2.42. The van der Waals surface area contributed by atoms with Crippen LogP contribution in [0.1, 0.15) is 111 Å². The molecule has 1 unspecified atom stereocenters. The van der Waals surface area contributed by atoms with E-state index in [0.29, 0.717) is 0 Å². The third-order valence-corrected chi connectivity index (χ3v) is 7.91. The van der Waals surface area contributed by atoms with Gasteiger partial charge in [0, 0.05) is 16.6 Å². The second-order valence-electron chi connectivity index (χ2n) is 11.3. The van der Waals surface area contributed by atoms with Crippen LogP contribution in [-0.4, -0.2) is 10.7 Å². The smallest absolute Gasteiger partial charge is 0.0673 e. The predicted molar refractivity (Wildman–Crippen MR) is 176 cm³/mol. The molecule has 0 fully saturated rings. The lowest BCUT2D eigenvalue weighted by Gasteiger charge is -2.06. The highest BCUT2D eigenvalue weighted by molar-refractivity contribution is 5.85. The molecule has 0 spiro atoms. The number of halogens is 1. The zero-order valence-electron chi connectivity index (χ0n) is 25.7. The number of benzene rings is 2. The van der Waals surface area contributed by atoms with E-state index >= 15 is 0 Å². The fraction of sp³-hybridized carbons (Fsp3) is 0.472. The van der Waals surface area contributed by atoms with Gasteiger partial charge in [-0.25, -0.2) is 0 Å². The van der Waals surface area contributed by atoms with Gasteiger partial charge < -0.3 is 4.98 Å². The highest BCUT2D eigenvalue weighted by Crippen LogP contribution is 2.38. The number of hydrogen-bond donors (Lipinski definition) is 1. The summed E-state index contributed by atoms with van der Waals surface area (Å²) in [5.74, 6) is 0.955. The maximum Gasteiger partial charge on any atom is 0.0673 e. The van der Waals surface area contributed by atoms with Crippen LogP contribution in [0.4, 0.5) is 0 Å². The van der Waals surface area contributed by atoms with Crippen molar-refractivity contribution in [1.82, 2.24) is 4.98 Å². The Labute approximate surface area is 244 Å².